The van der Waals surface area contributed by atoms with Crippen molar-refractivity contribution in [2.24, 2.45) is 5.92 Å². The van der Waals surface area contributed by atoms with Crippen LogP contribution in [-0.4, -0.2) is 56.5 Å². The van der Waals surface area contributed by atoms with Crippen LogP contribution in [-0.2, 0) is 9.59 Å². The number of likely N-dealkylation sites (tertiary alicyclic amines) is 1. The van der Waals surface area contributed by atoms with Crippen molar-refractivity contribution in [1.29, 1.82) is 0 Å². The topological polar surface area (TPSA) is 61.9 Å². The van der Waals surface area contributed by atoms with Gasteiger partial charge in [-0.3, -0.25) is 9.59 Å². The third-order valence-electron chi connectivity index (χ3n) is 4.72. The predicted octanol–water partition coefficient (Wildman–Crippen LogP) is 1.68. The van der Waals surface area contributed by atoms with Gasteiger partial charge in [-0.15, -0.1) is 12.4 Å². The largest absolute Gasteiger partial charge is 0.482 e. The second kappa shape index (κ2) is 9.06. The van der Waals surface area contributed by atoms with E-state index in [4.69, 9.17) is 4.74 Å². The lowest BCUT2D eigenvalue weighted by Gasteiger charge is -2.34. The van der Waals surface area contributed by atoms with Gasteiger partial charge in [-0.1, -0.05) is 12.1 Å². The van der Waals surface area contributed by atoms with Crippen LogP contribution >= 0.6 is 12.4 Å². The summed E-state index contributed by atoms with van der Waals surface area (Å²) < 4.78 is 5.44. The molecule has 138 valence electrons. The van der Waals surface area contributed by atoms with Crippen LogP contribution in [0.3, 0.4) is 0 Å². The molecule has 1 aromatic rings. The van der Waals surface area contributed by atoms with Gasteiger partial charge in [-0.05, 0) is 44.5 Å². The summed E-state index contributed by atoms with van der Waals surface area (Å²) in [6.45, 7) is 3.03. The minimum absolute atomic E-state index is 0. The molecule has 1 saturated heterocycles. The fourth-order valence-corrected chi connectivity index (χ4v) is 3.51. The number of carbonyl (C=O) groups excluding carboxylic acids is 2. The van der Waals surface area contributed by atoms with E-state index in [0.29, 0.717) is 24.6 Å². The maximum absolute atomic E-state index is 12.5. The molecule has 3 rings (SSSR count). The molecule has 2 heterocycles. The summed E-state index contributed by atoms with van der Waals surface area (Å²) in [5, 5.41) is 3.19. The van der Waals surface area contributed by atoms with E-state index in [1.165, 1.54) is 6.42 Å². The molecule has 2 amide bonds. The van der Waals surface area contributed by atoms with Crippen molar-refractivity contribution < 1.29 is 14.3 Å². The van der Waals surface area contributed by atoms with Gasteiger partial charge in [-0.25, -0.2) is 0 Å². The van der Waals surface area contributed by atoms with Gasteiger partial charge in [0.1, 0.15) is 5.75 Å². The molecule has 25 heavy (non-hydrogen) atoms. The molecule has 1 N–H and O–H groups in total. The van der Waals surface area contributed by atoms with Gasteiger partial charge in [-0.2, -0.15) is 0 Å². The van der Waals surface area contributed by atoms with Crippen LogP contribution in [0.4, 0.5) is 5.69 Å². The van der Waals surface area contributed by atoms with Crippen LogP contribution in [0.25, 0.3) is 0 Å². The molecule has 1 aromatic carbocycles. The zero-order valence-corrected chi connectivity index (χ0v) is 15.4. The van der Waals surface area contributed by atoms with Gasteiger partial charge in [0, 0.05) is 26.1 Å². The first-order valence-electron chi connectivity index (χ1n) is 8.63. The Hall–Kier alpha value is -1.79. The molecule has 0 aromatic heterocycles. The molecule has 0 radical (unpaired) electrons. The smallest absolute Gasteiger partial charge is 0.265 e. The van der Waals surface area contributed by atoms with Crippen molar-refractivity contribution in [3.05, 3.63) is 24.3 Å². The van der Waals surface area contributed by atoms with E-state index in [1.54, 1.807) is 4.90 Å². The summed E-state index contributed by atoms with van der Waals surface area (Å²) in [4.78, 5) is 28.3. The first-order chi connectivity index (χ1) is 11.7. The predicted molar refractivity (Wildman–Crippen MR) is 99.4 cm³/mol. The fourth-order valence-electron chi connectivity index (χ4n) is 3.51. The lowest BCUT2D eigenvalue weighted by Crippen LogP contribution is -2.45. The average Bonchev–Trinajstić information content (AvgIpc) is 2.61. The van der Waals surface area contributed by atoms with Crippen LogP contribution in [0, 0.1) is 5.92 Å². The number of para-hydroxylation sites is 2. The van der Waals surface area contributed by atoms with Crippen LogP contribution in [0.15, 0.2) is 24.3 Å². The average molecular weight is 368 g/mol. The molecular weight excluding hydrogens is 342 g/mol. The minimum atomic E-state index is -0.0896. The van der Waals surface area contributed by atoms with E-state index in [9.17, 15) is 9.59 Å². The number of carbonyl (C=O) groups is 2. The number of benzene rings is 1. The second-order valence-electron chi connectivity index (χ2n) is 6.46. The van der Waals surface area contributed by atoms with Gasteiger partial charge in [0.15, 0.2) is 6.61 Å². The van der Waals surface area contributed by atoms with Crippen LogP contribution in [0.5, 0.6) is 5.75 Å². The Balaban J connectivity index is 0.00000225. The van der Waals surface area contributed by atoms with Gasteiger partial charge >= 0.3 is 0 Å². The number of nitrogens with zero attached hydrogens (tertiary/aromatic N) is 2. The number of rotatable bonds is 5. The molecule has 6 nitrogen and oxygen atoms in total. The number of piperidine rings is 1. The van der Waals surface area contributed by atoms with Crippen LogP contribution in [0.2, 0.25) is 0 Å². The molecule has 0 bridgehead atoms. The standard InChI is InChI=1S/C18H25N3O3.ClH/c1-19-11-14-5-4-9-20(12-14)17(22)8-10-21-15-6-2-3-7-16(15)24-13-18(21)23;/h2-3,6-7,14,19H,4-5,8-13H2,1H3;1H. The second-order valence-corrected chi connectivity index (χ2v) is 6.46. The lowest BCUT2D eigenvalue weighted by atomic mass is 9.98. The first kappa shape index (κ1) is 19.5. The zero-order chi connectivity index (χ0) is 16.9. The molecule has 7 heteroatoms. The number of fused-ring (bicyclic) bond motifs is 1. The highest BCUT2D eigenvalue weighted by molar-refractivity contribution is 5.98. The molecule has 1 fully saturated rings. The Labute approximate surface area is 154 Å². The summed E-state index contributed by atoms with van der Waals surface area (Å²) in [6.07, 6.45) is 2.57. The van der Waals surface area contributed by atoms with E-state index >= 15 is 0 Å². The molecular formula is C18H26ClN3O3. The monoisotopic (exact) mass is 367 g/mol. The number of amides is 2. The maximum Gasteiger partial charge on any atom is 0.265 e. The highest BCUT2D eigenvalue weighted by atomic mass is 35.5. The lowest BCUT2D eigenvalue weighted by molar-refractivity contribution is -0.132. The Kier molecular flexibility index (Phi) is 7.08. The summed E-state index contributed by atoms with van der Waals surface area (Å²) in [7, 11) is 1.95. The quantitative estimate of drug-likeness (QED) is 0.860. The Morgan fingerprint density at radius 1 is 1.36 bits per heavy atom. The molecule has 2 aliphatic heterocycles. The third-order valence-corrected chi connectivity index (χ3v) is 4.72. The van der Waals surface area contributed by atoms with Crippen molar-refractivity contribution in [2.75, 3.05) is 44.7 Å². The van der Waals surface area contributed by atoms with Crippen molar-refractivity contribution >= 4 is 29.9 Å². The van der Waals surface area contributed by atoms with E-state index in [2.05, 4.69) is 5.32 Å². The number of halogens is 1. The summed E-state index contributed by atoms with van der Waals surface area (Å²) in [5.41, 5.74) is 0.758. The summed E-state index contributed by atoms with van der Waals surface area (Å²) >= 11 is 0. The Bertz CT molecular complexity index is 609. The highest BCUT2D eigenvalue weighted by Crippen LogP contribution is 2.31. The SMILES string of the molecule is CNCC1CCCN(C(=O)CCN2C(=O)COc3ccccc32)C1.Cl. The van der Waals surface area contributed by atoms with Gasteiger partial charge in [0.25, 0.3) is 5.91 Å². The molecule has 0 spiro atoms. The summed E-state index contributed by atoms with van der Waals surface area (Å²) in [5.74, 6) is 1.27. The van der Waals surface area contributed by atoms with Gasteiger partial charge in [0.2, 0.25) is 5.91 Å². The van der Waals surface area contributed by atoms with E-state index < -0.39 is 0 Å². The van der Waals surface area contributed by atoms with Crippen molar-refractivity contribution in [1.82, 2.24) is 10.2 Å². The molecule has 1 unspecified atom stereocenters. The first-order valence-corrected chi connectivity index (χ1v) is 8.63. The normalized spacial score (nSPS) is 19.7. The molecule has 0 saturated carbocycles. The third kappa shape index (κ3) is 4.64. The minimum Gasteiger partial charge on any atom is -0.482 e. The molecule has 1 atom stereocenters. The maximum atomic E-state index is 12.5. The number of nitrogens with one attached hydrogen (secondary N) is 1. The van der Waals surface area contributed by atoms with Crippen molar-refractivity contribution in [2.45, 2.75) is 19.3 Å². The fraction of sp³-hybridized carbons (Fsp3) is 0.556. The number of hydrogen-bond donors (Lipinski definition) is 1. The van der Waals surface area contributed by atoms with E-state index in [0.717, 1.165) is 31.7 Å². The van der Waals surface area contributed by atoms with Crippen molar-refractivity contribution in [3.8, 4) is 5.75 Å². The van der Waals surface area contributed by atoms with Crippen molar-refractivity contribution in [3.63, 3.8) is 0 Å². The Morgan fingerprint density at radius 2 is 2.16 bits per heavy atom. The Morgan fingerprint density at radius 3 is 2.96 bits per heavy atom. The number of anilines is 1. The number of ether oxygens (including phenoxy) is 1. The van der Waals surface area contributed by atoms with Gasteiger partial charge < -0.3 is 19.9 Å². The number of hydrogen-bond acceptors (Lipinski definition) is 4. The van der Waals surface area contributed by atoms with E-state index in [1.807, 2.05) is 36.2 Å². The highest BCUT2D eigenvalue weighted by Gasteiger charge is 2.27. The van der Waals surface area contributed by atoms with Gasteiger partial charge in [0.05, 0.1) is 5.69 Å². The molecule has 0 aliphatic carbocycles. The van der Waals surface area contributed by atoms with Crippen LogP contribution < -0.4 is 15.0 Å². The van der Waals surface area contributed by atoms with Crippen LogP contribution in [0.1, 0.15) is 19.3 Å². The summed E-state index contributed by atoms with van der Waals surface area (Å²) in [6, 6.07) is 7.47. The zero-order valence-electron chi connectivity index (χ0n) is 14.6. The molecule has 2 aliphatic rings. The van der Waals surface area contributed by atoms with E-state index in [-0.39, 0.29) is 30.8 Å².